The first-order valence-electron chi connectivity index (χ1n) is 8.43. The van der Waals surface area contributed by atoms with Gasteiger partial charge in [0.05, 0.1) is 27.0 Å². The molecule has 1 N–H and O–H groups in total. The molecule has 1 heterocycles. The summed E-state index contributed by atoms with van der Waals surface area (Å²) in [7, 11) is 0. The summed E-state index contributed by atoms with van der Waals surface area (Å²) in [6.07, 6.45) is 3.03. The second kappa shape index (κ2) is 10.0. The molecule has 3 rings (SSSR count). The van der Waals surface area contributed by atoms with Gasteiger partial charge in [0.2, 0.25) is 0 Å². The van der Waals surface area contributed by atoms with Crippen molar-refractivity contribution in [3.8, 4) is 11.8 Å². The predicted octanol–water partition coefficient (Wildman–Crippen LogP) is 4.55. The molecule has 0 aliphatic carbocycles. The van der Waals surface area contributed by atoms with E-state index in [4.69, 9.17) is 21.6 Å². The van der Waals surface area contributed by atoms with Crippen molar-refractivity contribution in [3.05, 3.63) is 91.8 Å². The number of carbonyl (C=O) groups is 1. The van der Waals surface area contributed by atoms with E-state index in [0.29, 0.717) is 17.9 Å². The summed E-state index contributed by atoms with van der Waals surface area (Å²) < 4.78 is 6.72. The van der Waals surface area contributed by atoms with E-state index < -0.39 is 5.91 Å². The molecule has 1 aromatic heterocycles. The monoisotopic (exact) mass is 516 g/mol. The number of benzene rings is 2. The van der Waals surface area contributed by atoms with Gasteiger partial charge in [-0.25, -0.2) is 10.4 Å². The Labute approximate surface area is 186 Å². The van der Waals surface area contributed by atoms with Crippen LogP contribution in [0, 0.1) is 14.9 Å². The second-order valence-corrected chi connectivity index (χ2v) is 7.31. The number of hydrogen-bond donors (Lipinski definition) is 1. The Morgan fingerprint density at radius 1 is 1.28 bits per heavy atom. The van der Waals surface area contributed by atoms with Gasteiger partial charge >= 0.3 is 0 Å². The average Bonchev–Trinajstić information content (AvgIpc) is 2.73. The first-order chi connectivity index (χ1) is 14.1. The van der Waals surface area contributed by atoms with Crippen molar-refractivity contribution in [1.82, 2.24) is 10.4 Å². The smallest absolute Gasteiger partial charge is 0.274 e. The maximum Gasteiger partial charge on any atom is 0.274 e. The third-order valence-corrected chi connectivity index (χ3v) is 5.00. The maximum atomic E-state index is 12.1. The van der Waals surface area contributed by atoms with Gasteiger partial charge in [0, 0.05) is 11.8 Å². The van der Waals surface area contributed by atoms with Crippen LogP contribution in [0.15, 0.2) is 65.9 Å². The van der Waals surface area contributed by atoms with Crippen LogP contribution < -0.4 is 10.2 Å². The van der Waals surface area contributed by atoms with Crippen LogP contribution in [0.5, 0.6) is 5.75 Å². The van der Waals surface area contributed by atoms with Crippen molar-refractivity contribution in [3.63, 3.8) is 0 Å². The zero-order valence-electron chi connectivity index (χ0n) is 15.0. The minimum Gasteiger partial charge on any atom is -0.488 e. The zero-order chi connectivity index (χ0) is 20.6. The molecule has 0 unspecified atom stereocenters. The molecule has 0 fully saturated rings. The third kappa shape index (κ3) is 5.53. The van der Waals surface area contributed by atoms with Gasteiger partial charge in [0.1, 0.15) is 17.5 Å². The van der Waals surface area contributed by atoms with Gasteiger partial charge in [0.15, 0.2) is 0 Å². The number of nitriles is 1. The van der Waals surface area contributed by atoms with Crippen molar-refractivity contribution >= 4 is 46.3 Å². The molecular weight excluding hydrogens is 503 g/mol. The lowest BCUT2D eigenvalue weighted by molar-refractivity contribution is 0.0955. The number of amides is 1. The van der Waals surface area contributed by atoms with Crippen LogP contribution in [0.2, 0.25) is 5.15 Å². The van der Waals surface area contributed by atoms with Gasteiger partial charge < -0.3 is 4.74 Å². The molecule has 0 bridgehead atoms. The summed E-state index contributed by atoms with van der Waals surface area (Å²) in [5.41, 5.74) is 4.88. The highest BCUT2D eigenvalue weighted by atomic mass is 127. The molecule has 0 radical (unpaired) electrons. The molecule has 0 aliphatic rings. The number of halogens is 2. The lowest BCUT2D eigenvalue weighted by atomic mass is 10.1. The Morgan fingerprint density at radius 3 is 2.86 bits per heavy atom. The first kappa shape index (κ1) is 20.8. The number of aromatic nitrogens is 1. The molecule has 144 valence electrons. The van der Waals surface area contributed by atoms with Crippen molar-refractivity contribution in [2.24, 2.45) is 5.10 Å². The molecule has 0 spiro atoms. The van der Waals surface area contributed by atoms with Gasteiger partial charge in [-0.3, -0.25) is 4.79 Å². The Morgan fingerprint density at radius 2 is 2.10 bits per heavy atom. The van der Waals surface area contributed by atoms with Crippen LogP contribution in [0.3, 0.4) is 0 Å². The van der Waals surface area contributed by atoms with Crippen molar-refractivity contribution in [1.29, 1.82) is 5.26 Å². The highest BCUT2D eigenvalue weighted by molar-refractivity contribution is 14.1. The summed E-state index contributed by atoms with van der Waals surface area (Å²) in [6, 6.07) is 18.2. The molecule has 29 heavy (non-hydrogen) atoms. The van der Waals surface area contributed by atoms with E-state index >= 15 is 0 Å². The zero-order valence-corrected chi connectivity index (χ0v) is 17.9. The van der Waals surface area contributed by atoms with Gasteiger partial charge in [-0.2, -0.15) is 10.4 Å². The molecule has 0 atom stereocenters. The molecule has 8 heteroatoms. The first-order valence-corrected chi connectivity index (χ1v) is 9.88. The average molecular weight is 517 g/mol. The van der Waals surface area contributed by atoms with Crippen LogP contribution in [0.4, 0.5) is 0 Å². The van der Waals surface area contributed by atoms with E-state index in [-0.39, 0.29) is 10.7 Å². The van der Waals surface area contributed by atoms with Gasteiger partial charge in [-0.15, -0.1) is 0 Å². The number of hydrazone groups is 1. The number of carbonyl (C=O) groups excluding carboxylic acids is 1. The number of pyridine rings is 1. The normalized spacial score (nSPS) is 10.5. The predicted molar refractivity (Wildman–Crippen MR) is 119 cm³/mol. The van der Waals surface area contributed by atoms with Crippen LogP contribution >= 0.6 is 34.2 Å². The van der Waals surface area contributed by atoms with E-state index in [1.54, 1.807) is 18.2 Å². The fraction of sp³-hybridized carbons (Fsp3) is 0.0476. The Bertz CT molecular complexity index is 1110. The Hall–Kier alpha value is -2.96. The minimum atomic E-state index is -0.440. The lowest BCUT2D eigenvalue weighted by Gasteiger charge is -2.10. The third-order valence-electron chi connectivity index (χ3n) is 3.86. The lowest BCUT2D eigenvalue weighted by Crippen LogP contribution is -2.18. The summed E-state index contributed by atoms with van der Waals surface area (Å²) in [4.78, 5) is 15.9. The molecule has 2 aromatic carbocycles. The molecule has 1 amide bonds. The summed E-state index contributed by atoms with van der Waals surface area (Å²) in [6.45, 7) is 0.301. The SMILES string of the molecule is N#Cc1ccccc1COc1ccc(C=NNC(=O)c2cccnc2Cl)cc1I. The van der Waals surface area contributed by atoms with Crippen LogP contribution in [0.25, 0.3) is 0 Å². The van der Waals surface area contributed by atoms with E-state index in [1.165, 1.54) is 12.4 Å². The molecule has 0 saturated carbocycles. The summed E-state index contributed by atoms with van der Waals surface area (Å²) >= 11 is 8.05. The highest BCUT2D eigenvalue weighted by Gasteiger charge is 2.09. The standard InChI is InChI=1S/C21H14ClIN4O2/c22-20-17(6-3-9-25-20)21(28)27-26-12-14-7-8-19(18(23)10-14)29-13-16-5-2-1-4-15(16)11-24/h1-10,12H,13H2,(H,27,28). The fourth-order valence-corrected chi connectivity index (χ4v) is 3.31. The van der Waals surface area contributed by atoms with E-state index in [2.05, 4.69) is 44.2 Å². The van der Waals surface area contributed by atoms with E-state index in [0.717, 1.165) is 14.7 Å². The number of rotatable bonds is 6. The summed E-state index contributed by atoms with van der Waals surface area (Å²) in [5, 5.41) is 13.2. The van der Waals surface area contributed by atoms with Crippen molar-refractivity contribution < 1.29 is 9.53 Å². The van der Waals surface area contributed by atoms with Gasteiger partial charge in [-0.1, -0.05) is 29.8 Å². The highest BCUT2D eigenvalue weighted by Crippen LogP contribution is 2.23. The fourth-order valence-electron chi connectivity index (χ4n) is 2.41. The second-order valence-electron chi connectivity index (χ2n) is 5.79. The van der Waals surface area contributed by atoms with E-state index in [9.17, 15) is 4.79 Å². The molecular formula is C21H14ClIN4O2. The van der Waals surface area contributed by atoms with Gasteiger partial charge in [0.25, 0.3) is 5.91 Å². The number of ether oxygens (including phenoxy) is 1. The molecule has 3 aromatic rings. The Balaban J connectivity index is 1.62. The molecule has 0 aliphatic heterocycles. The Kier molecular flexibility index (Phi) is 7.16. The number of hydrogen-bond acceptors (Lipinski definition) is 5. The minimum absolute atomic E-state index is 0.120. The topological polar surface area (TPSA) is 87.4 Å². The van der Waals surface area contributed by atoms with Crippen molar-refractivity contribution in [2.75, 3.05) is 0 Å². The van der Waals surface area contributed by atoms with Crippen molar-refractivity contribution in [2.45, 2.75) is 6.61 Å². The summed E-state index contributed by atoms with van der Waals surface area (Å²) in [5.74, 6) is 0.256. The van der Waals surface area contributed by atoms with Crippen LogP contribution in [-0.2, 0) is 6.61 Å². The van der Waals surface area contributed by atoms with Crippen LogP contribution in [0.1, 0.15) is 27.0 Å². The largest absolute Gasteiger partial charge is 0.488 e. The quantitative estimate of drug-likeness (QED) is 0.225. The molecule has 6 nitrogen and oxygen atoms in total. The number of nitrogens with one attached hydrogen (secondary N) is 1. The van der Waals surface area contributed by atoms with Crippen LogP contribution in [-0.4, -0.2) is 17.1 Å². The number of nitrogens with zero attached hydrogens (tertiary/aromatic N) is 3. The maximum absolute atomic E-state index is 12.1. The molecule has 0 saturated heterocycles. The van der Waals surface area contributed by atoms with E-state index in [1.807, 2.05) is 36.4 Å². The van der Waals surface area contributed by atoms with Gasteiger partial charge in [-0.05, 0) is 64.6 Å².